The maximum absolute atomic E-state index is 12.9. The highest BCUT2D eigenvalue weighted by Gasteiger charge is 2.30. The molecular formula is C20H21F3N2O. The van der Waals surface area contributed by atoms with Crippen LogP contribution in [0.25, 0.3) is 11.1 Å². The first-order valence-corrected chi connectivity index (χ1v) is 8.60. The number of hydrogen-bond acceptors (Lipinski definition) is 2. The molecule has 3 nitrogen and oxygen atoms in total. The van der Waals surface area contributed by atoms with Crippen LogP contribution in [-0.2, 0) is 6.18 Å². The molecule has 1 fully saturated rings. The first-order valence-electron chi connectivity index (χ1n) is 8.60. The molecule has 0 saturated carbocycles. The zero-order valence-electron chi connectivity index (χ0n) is 14.5. The molecule has 1 aliphatic heterocycles. The van der Waals surface area contributed by atoms with Gasteiger partial charge in [-0.1, -0.05) is 30.3 Å². The fraction of sp³-hybridized carbons (Fsp3) is 0.350. The number of benzene rings is 2. The summed E-state index contributed by atoms with van der Waals surface area (Å²) in [4.78, 5) is 14.8. The van der Waals surface area contributed by atoms with Crippen molar-refractivity contribution < 1.29 is 18.0 Å². The van der Waals surface area contributed by atoms with Gasteiger partial charge in [-0.15, -0.1) is 0 Å². The molecule has 1 aliphatic rings. The van der Waals surface area contributed by atoms with Gasteiger partial charge in [0.15, 0.2) is 0 Å². The molecule has 3 rings (SSSR count). The fourth-order valence-corrected chi connectivity index (χ4v) is 3.40. The summed E-state index contributed by atoms with van der Waals surface area (Å²) in [6.07, 6.45) is -3.42. The average Bonchev–Trinajstić information content (AvgIpc) is 3.09. The number of amides is 1. The van der Waals surface area contributed by atoms with Gasteiger partial charge in [-0.05, 0) is 55.3 Å². The molecule has 2 aromatic carbocycles. The van der Waals surface area contributed by atoms with Gasteiger partial charge in [-0.25, -0.2) is 0 Å². The van der Waals surface area contributed by atoms with Crippen LogP contribution in [0.4, 0.5) is 13.2 Å². The molecular weight excluding hydrogens is 341 g/mol. The van der Waals surface area contributed by atoms with Crippen LogP contribution >= 0.6 is 0 Å². The van der Waals surface area contributed by atoms with Crippen molar-refractivity contribution in [1.29, 1.82) is 0 Å². The van der Waals surface area contributed by atoms with Gasteiger partial charge in [0, 0.05) is 18.7 Å². The van der Waals surface area contributed by atoms with Crippen LogP contribution in [-0.4, -0.2) is 37.5 Å². The maximum atomic E-state index is 12.9. The predicted molar refractivity (Wildman–Crippen MR) is 94.8 cm³/mol. The van der Waals surface area contributed by atoms with E-state index < -0.39 is 11.7 Å². The van der Waals surface area contributed by atoms with Crippen molar-refractivity contribution in [3.63, 3.8) is 0 Å². The molecule has 1 amide bonds. The summed E-state index contributed by atoms with van der Waals surface area (Å²) >= 11 is 0. The minimum atomic E-state index is -4.37. The van der Waals surface area contributed by atoms with Gasteiger partial charge in [-0.3, -0.25) is 4.79 Å². The van der Waals surface area contributed by atoms with Gasteiger partial charge in [0.25, 0.3) is 5.91 Å². The normalized spacial score (nSPS) is 17.5. The van der Waals surface area contributed by atoms with E-state index in [0.717, 1.165) is 25.1 Å². The van der Waals surface area contributed by atoms with Gasteiger partial charge in [0.05, 0.1) is 5.56 Å². The Morgan fingerprint density at radius 3 is 2.50 bits per heavy atom. The van der Waals surface area contributed by atoms with E-state index in [1.807, 2.05) is 11.9 Å². The second kappa shape index (κ2) is 7.50. The number of carbonyl (C=O) groups is 1. The summed E-state index contributed by atoms with van der Waals surface area (Å²) in [6.45, 7) is 2.26. The summed E-state index contributed by atoms with van der Waals surface area (Å²) in [5.74, 6) is 0.362. The molecule has 0 unspecified atom stereocenters. The molecule has 26 heavy (non-hydrogen) atoms. The van der Waals surface area contributed by atoms with E-state index in [-0.39, 0.29) is 5.91 Å². The summed E-state index contributed by atoms with van der Waals surface area (Å²) in [6, 6.07) is 12.0. The molecule has 0 aliphatic carbocycles. The number of rotatable bonds is 4. The van der Waals surface area contributed by atoms with Gasteiger partial charge < -0.3 is 10.2 Å². The zero-order chi connectivity index (χ0) is 18.7. The number of likely N-dealkylation sites (tertiary alicyclic amines) is 1. The highest BCUT2D eigenvalue weighted by Crippen LogP contribution is 2.32. The molecule has 1 heterocycles. The van der Waals surface area contributed by atoms with E-state index in [9.17, 15) is 18.0 Å². The first-order chi connectivity index (χ1) is 12.4. The van der Waals surface area contributed by atoms with Crippen molar-refractivity contribution in [2.45, 2.75) is 12.6 Å². The number of nitrogens with one attached hydrogen (secondary N) is 1. The van der Waals surface area contributed by atoms with Crippen LogP contribution in [0.3, 0.4) is 0 Å². The SMILES string of the molecule is CNC[C@@H]1CCN(C(=O)c2ccccc2-c2ccc(C(F)(F)F)cc2)C1. The van der Waals surface area contributed by atoms with Crippen LogP contribution in [0.5, 0.6) is 0 Å². The summed E-state index contributed by atoms with van der Waals surface area (Å²) in [5.41, 5.74) is 1.09. The van der Waals surface area contributed by atoms with Crippen LogP contribution in [0, 0.1) is 5.92 Å². The van der Waals surface area contributed by atoms with Crippen LogP contribution in [0.15, 0.2) is 48.5 Å². The third kappa shape index (κ3) is 3.90. The predicted octanol–water partition coefficient (Wildman–Crippen LogP) is 4.05. The minimum Gasteiger partial charge on any atom is -0.338 e. The molecule has 1 N–H and O–H groups in total. The third-order valence-corrected chi connectivity index (χ3v) is 4.75. The minimum absolute atomic E-state index is 0.0703. The van der Waals surface area contributed by atoms with Crippen molar-refractivity contribution in [1.82, 2.24) is 10.2 Å². The van der Waals surface area contributed by atoms with Crippen molar-refractivity contribution in [2.24, 2.45) is 5.92 Å². The molecule has 1 saturated heterocycles. The number of nitrogens with zero attached hydrogens (tertiary/aromatic N) is 1. The summed E-state index contributed by atoms with van der Waals surface area (Å²) in [5, 5.41) is 3.13. The largest absolute Gasteiger partial charge is 0.416 e. The molecule has 1 atom stereocenters. The number of hydrogen-bond donors (Lipinski definition) is 1. The lowest BCUT2D eigenvalue weighted by atomic mass is 9.98. The standard InChI is InChI=1S/C20H21F3N2O/c1-24-12-14-10-11-25(13-14)19(26)18-5-3-2-4-17(18)15-6-8-16(9-7-15)20(21,22)23/h2-9,14,24H,10-13H2,1H3/t14-/m0/s1. The van der Waals surface area contributed by atoms with Gasteiger partial charge in [0.1, 0.15) is 0 Å². The molecule has 0 bridgehead atoms. The second-order valence-electron chi connectivity index (χ2n) is 6.58. The van der Waals surface area contributed by atoms with E-state index in [2.05, 4.69) is 5.32 Å². The molecule has 0 radical (unpaired) electrons. The Balaban J connectivity index is 1.86. The topological polar surface area (TPSA) is 32.3 Å². The van der Waals surface area contributed by atoms with Crippen LogP contribution in [0.2, 0.25) is 0 Å². The molecule has 0 aromatic heterocycles. The number of carbonyl (C=O) groups excluding carboxylic acids is 1. The van der Waals surface area contributed by atoms with E-state index in [0.29, 0.717) is 35.7 Å². The smallest absolute Gasteiger partial charge is 0.338 e. The van der Waals surface area contributed by atoms with E-state index >= 15 is 0 Å². The third-order valence-electron chi connectivity index (χ3n) is 4.75. The Kier molecular flexibility index (Phi) is 5.32. The molecule has 0 spiro atoms. The van der Waals surface area contributed by atoms with Crippen molar-refractivity contribution >= 4 is 5.91 Å². The van der Waals surface area contributed by atoms with Crippen molar-refractivity contribution in [2.75, 3.05) is 26.7 Å². The van der Waals surface area contributed by atoms with Crippen LogP contribution < -0.4 is 5.32 Å². The van der Waals surface area contributed by atoms with E-state index in [1.165, 1.54) is 12.1 Å². The van der Waals surface area contributed by atoms with Gasteiger partial charge in [-0.2, -0.15) is 13.2 Å². The first kappa shape index (κ1) is 18.5. The van der Waals surface area contributed by atoms with Gasteiger partial charge >= 0.3 is 6.18 Å². The maximum Gasteiger partial charge on any atom is 0.416 e. The Labute approximate surface area is 150 Å². The van der Waals surface area contributed by atoms with Crippen molar-refractivity contribution in [3.05, 3.63) is 59.7 Å². The number of halogens is 3. The van der Waals surface area contributed by atoms with E-state index in [4.69, 9.17) is 0 Å². The van der Waals surface area contributed by atoms with E-state index in [1.54, 1.807) is 24.3 Å². The highest BCUT2D eigenvalue weighted by molar-refractivity contribution is 6.01. The molecule has 6 heteroatoms. The van der Waals surface area contributed by atoms with Crippen LogP contribution in [0.1, 0.15) is 22.3 Å². The Bertz CT molecular complexity index is 771. The zero-order valence-corrected chi connectivity index (χ0v) is 14.5. The number of alkyl halides is 3. The summed E-state index contributed by atoms with van der Waals surface area (Å²) < 4.78 is 38.3. The van der Waals surface area contributed by atoms with Gasteiger partial charge in [0.2, 0.25) is 0 Å². The second-order valence-corrected chi connectivity index (χ2v) is 6.58. The Hall–Kier alpha value is -2.34. The average molecular weight is 362 g/mol. The lowest BCUT2D eigenvalue weighted by Crippen LogP contribution is -2.30. The Morgan fingerprint density at radius 1 is 1.15 bits per heavy atom. The lowest BCUT2D eigenvalue weighted by molar-refractivity contribution is -0.137. The fourth-order valence-electron chi connectivity index (χ4n) is 3.40. The highest BCUT2D eigenvalue weighted by atomic mass is 19.4. The molecule has 138 valence electrons. The van der Waals surface area contributed by atoms with Crippen molar-refractivity contribution in [3.8, 4) is 11.1 Å². The molecule has 2 aromatic rings. The lowest BCUT2D eigenvalue weighted by Gasteiger charge is -2.19. The Morgan fingerprint density at radius 2 is 1.85 bits per heavy atom. The summed E-state index contributed by atoms with van der Waals surface area (Å²) in [7, 11) is 1.89. The quantitative estimate of drug-likeness (QED) is 0.890. The monoisotopic (exact) mass is 362 g/mol.